The molecule has 1 aromatic rings. The topological polar surface area (TPSA) is 96.3 Å². The van der Waals surface area contributed by atoms with Crippen LogP contribution in [0.3, 0.4) is 0 Å². The van der Waals surface area contributed by atoms with E-state index in [9.17, 15) is 4.79 Å². The Hall–Kier alpha value is -2.24. The summed E-state index contributed by atoms with van der Waals surface area (Å²) in [7, 11) is 0. The van der Waals surface area contributed by atoms with Gasteiger partial charge in [-0.2, -0.15) is 0 Å². The van der Waals surface area contributed by atoms with Crippen LogP contribution in [-0.2, 0) is 9.53 Å². The maximum Gasteiger partial charge on any atom is 0.327 e. The van der Waals surface area contributed by atoms with Gasteiger partial charge < -0.3 is 14.8 Å². The van der Waals surface area contributed by atoms with E-state index in [1.54, 1.807) is 13.0 Å². The molecule has 0 saturated heterocycles. The number of azide groups is 1. The molecule has 0 aliphatic rings. The zero-order chi connectivity index (χ0) is 15.5. The summed E-state index contributed by atoms with van der Waals surface area (Å²) >= 11 is 0. The fourth-order valence-corrected chi connectivity index (χ4v) is 1.82. The standard InChI is InChI=1S/C14H20N4O3/c1-3-20-12-7-5-6-11(10-12)13(14(19)21-4-2)16-8-9-17-18-15/h5-7,10,13,16H,3-4,8-9H2,1-2H3. The first-order valence-corrected chi connectivity index (χ1v) is 6.86. The number of benzene rings is 1. The Balaban J connectivity index is 2.85. The normalized spacial score (nSPS) is 11.3. The summed E-state index contributed by atoms with van der Waals surface area (Å²) in [5, 5.41) is 6.46. The van der Waals surface area contributed by atoms with Gasteiger partial charge in [0.25, 0.3) is 0 Å². The van der Waals surface area contributed by atoms with Gasteiger partial charge in [0, 0.05) is 18.0 Å². The lowest BCUT2D eigenvalue weighted by molar-refractivity contribution is -0.145. The molecule has 1 N–H and O–H groups in total. The van der Waals surface area contributed by atoms with Gasteiger partial charge in [0.1, 0.15) is 11.8 Å². The molecule has 0 spiro atoms. The summed E-state index contributed by atoms with van der Waals surface area (Å²) in [5.74, 6) is 0.327. The molecule has 1 rings (SSSR count). The predicted molar refractivity (Wildman–Crippen MR) is 79.0 cm³/mol. The van der Waals surface area contributed by atoms with Crippen molar-refractivity contribution >= 4 is 5.97 Å². The predicted octanol–water partition coefficient (Wildman–Crippen LogP) is 2.59. The minimum atomic E-state index is -0.612. The van der Waals surface area contributed by atoms with Crippen LogP contribution in [0, 0.1) is 0 Å². The highest BCUT2D eigenvalue weighted by molar-refractivity contribution is 5.77. The molecule has 1 unspecified atom stereocenters. The molecule has 1 atom stereocenters. The van der Waals surface area contributed by atoms with Crippen molar-refractivity contribution in [2.75, 3.05) is 26.3 Å². The largest absolute Gasteiger partial charge is 0.494 e. The van der Waals surface area contributed by atoms with Crippen LogP contribution < -0.4 is 10.1 Å². The van der Waals surface area contributed by atoms with E-state index >= 15 is 0 Å². The van der Waals surface area contributed by atoms with Gasteiger partial charge in [0.05, 0.1) is 13.2 Å². The lowest BCUT2D eigenvalue weighted by atomic mass is 10.1. The number of carbonyl (C=O) groups excluding carboxylic acids is 1. The van der Waals surface area contributed by atoms with Crippen molar-refractivity contribution in [3.8, 4) is 5.75 Å². The molecule has 21 heavy (non-hydrogen) atoms. The maximum atomic E-state index is 12.0. The second-order valence-corrected chi connectivity index (χ2v) is 4.10. The first-order chi connectivity index (χ1) is 10.2. The number of hydrogen-bond donors (Lipinski definition) is 1. The number of esters is 1. The van der Waals surface area contributed by atoms with E-state index in [2.05, 4.69) is 15.3 Å². The fraction of sp³-hybridized carbons (Fsp3) is 0.500. The highest BCUT2D eigenvalue weighted by atomic mass is 16.5. The molecule has 7 nitrogen and oxygen atoms in total. The minimum Gasteiger partial charge on any atom is -0.494 e. The first kappa shape index (κ1) is 16.8. The summed E-state index contributed by atoms with van der Waals surface area (Å²) < 4.78 is 10.5. The second-order valence-electron chi connectivity index (χ2n) is 4.10. The zero-order valence-corrected chi connectivity index (χ0v) is 12.3. The molecule has 0 saturated carbocycles. The average molecular weight is 292 g/mol. The molecule has 0 amide bonds. The first-order valence-electron chi connectivity index (χ1n) is 6.86. The molecule has 0 aliphatic carbocycles. The zero-order valence-electron chi connectivity index (χ0n) is 12.3. The molecule has 0 heterocycles. The summed E-state index contributed by atoms with van der Waals surface area (Å²) in [6.07, 6.45) is 0. The average Bonchev–Trinajstić information content (AvgIpc) is 2.48. The van der Waals surface area contributed by atoms with Gasteiger partial charge in [-0.1, -0.05) is 17.2 Å². The van der Waals surface area contributed by atoms with Crippen molar-refractivity contribution in [3.05, 3.63) is 40.3 Å². The van der Waals surface area contributed by atoms with Crippen molar-refractivity contribution in [2.45, 2.75) is 19.9 Å². The molecule has 0 radical (unpaired) electrons. The molecule has 0 aromatic heterocycles. The van der Waals surface area contributed by atoms with E-state index in [-0.39, 0.29) is 12.5 Å². The van der Waals surface area contributed by atoms with Gasteiger partial charge in [0.2, 0.25) is 0 Å². The molecular formula is C14H20N4O3. The van der Waals surface area contributed by atoms with Gasteiger partial charge >= 0.3 is 5.97 Å². The van der Waals surface area contributed by atoms with Crippen LogP contribution in [0.25, 0.3) is 10.4 Å². The summed E-state index contributed by atoms with van der Waals surface area (Å²) in [5.41, 5.74) is 9.01. The van der Waals surface area contributed by atoms with Crippen LogP contribution >= 0.6 is 0 Å². The number of hydrogen-bond acceptors (Lipinski definition) is 5. The molecule has 114 valence electrons. The Labute approximate surface area is 123 Å². The van der Waals surface area contributed by atoms with Crippen LogP contribution in [0.4, 0.5) is 0 Å². The van der Waals surface area contributed by atoms with Gasteiger partial charge in [-0.3, -0.25) is 0 Å². The number of ether oxygens (including phenoxy) is 2. The van der Waals surface area contributed by atoms with Crippen LogP contribution in [0.1, 0.15) is 25.5 Å². The lowest BCUT2D eigenvalue weighted by Crippen LogP contribution is -2.32. The molecule has 0 bridgehead atoms. The third-order valence-electron chi connectivity index (χ3n) is 2.65. The SMILES string of the molecule is CCOC(=O)C(NCCN=[N+]=[N-])c1cccc(OCC)c1. The molecule has 0 aliphatic heterocycles. The Bertz CT molecular complexity index is 501. The maximum absolute atomic E-state index is 12.0. The van der Waals surface area contributed by atoms with Crippen LogP contribution in [0.2, 0.25) is 0 Å². The molecule has 1 aromatic carbocycles. The van der Waals surface area contributed by atoms with Crippen molar-refractivity contribution in [2.24, 2.45) is 5.11 Å². The molecule has 0 fully saturated rings. The number of nitrogens with zero attached hydrogens (tertiary/aromatic N) is 3. The van der Waals surface area contributed by atoms with Crippen LogP contribution in [0.5, 0.6) is 5.75 Å². The van der Waals surface area contributed by atoms with Crippen LogP contribution in [0.15, 0.2) is 29.4 Å². The van der Waals surface area contributed by atoms with E-state index in [4.69, 9.17) is 15.0 Å². The number of carbonyl (C=O) groups is 1. The highest BCUT2D eigenvalue weighted by Crippen LogP contribution is 2.20. The summed E-state index contributed by atoms with van der Waals surface area (Å²) in [4.78, 5) is 14.7. The van der Waals surface area contributed by atoms with Gasteiger partial charge in [-0.25, -0.2) is 4.79 Å². The Morgan fingerprint density at radius 3 is 2.90 bits per heavy atom. The van der Waals surface area contributed by atoms with Gasteiger partial charge in [-0.15, -0.1) is 0 Å². The number of rotatable bonds is 9. The Kier molecular flexibility index (Phi) is 7.71. The third-order valence-corrected chi connectivity index (χ3v) is 2.65. The monoisotopic (exact) mass is 292 g/mol. The smallest absolute Gasteiger partial charge is 0.327 e. The molecule has 7 heteroatoms. The van der Waals surface area contributed by atoms with Crippen LogP contribution in [-0.4, -0.2) is 32.3 Å². The lowest BCUT2D eigenvalue weighted by Gasteiger charge is -2.18. The quantitative estimate of drug-likeness (QED) is 0.249. The van der Waals surface area contributed by atoms with Crippen molar-refractivity contribution in [1.29, 1.82) is 0 Å². The van der Waals surface area contributed by atoms with Crippen molar-refractivity contribution in [3.63, 3.8) is 0 Å². The summed E-state index contributed by atoms with van der Waals surface area (Å²) in [6.45, 7) is 5.15. The minimum absolute atomic E-state index is 0.261. The van der Waals surface area contributed by atoms with Gasteiger partial charge in [0.15, 0.2) is 0 Å². The fourth-order valence-electron chi connectivity index (χ4n) is 1.82. The van der Waals surface area contributed by atoms with Crippen molar-refractivity contribution in [1.82, 2.24) is 5.32 Å². The van der Waals surface area contributed by atoms with Gasteiger partial charge in [-0.05, 0) is 37.1 Å². The Morgan fingerprint density at radius 2 is 2.24 bits per heavy atom. The number of nitrogens with one attached hydrogen (secondary N) is 1. The third kappa shape index (κ3) is 5.72. The highest BCUT2D eigenvalue weighted by Gasteiger charge is 2.21. The summed E-state index contributed by atoms with van der Waals surface area (Å²) in [6, 6.07) is 6.66. The second kappa shape index (κ2) is 9.63. The molecular weight excluding hydrogens is 272 g/mol. The van der Waals surface area contributed by atoms with E-state index in [0.717, 1.165) is 5.56 Å². The van der Waals surface area contributed by atoms with E-state index in [1.165, 1.54) is 0 Å². The van der Waals surface area contributed by atoms with E-state index in [1.807, 2.05) is 25.1 Å². The van der Waals surface area contributed by atoms with E-state index in [0.29, 0.717) is 25.5 Å². The Morgan fingerprint density at radius 1 is 1.43 bits per heavy atom. The van der Waals surface area contributed by atoms with Crippen molar-refractivity contribution < 1.29 is 14.3 Å². The van der Waals surface area contributed by atoms with E-state index < -0.39 is 6.04 Å².